The van der Waals surface area contributed by atoms with Crippen LogP contribution in [0.4, 0.5) is 0 Å². The molecule has 6 heteroatoms. The van der Waals surface area contributed by atoms with Crippen LogP contribution in [-0.2, 0) is 13.6 Å². The Hall–Kier alpha value is 0.0700. The summed E-state index contributed by atoms with van der Waals surface area (Å²) in [4.78, 5) is 0. The van der Waals surface area contributed by atoms with E-state index in [0.717, 1.165) is 12.8 Å². The Labute approximate surface area is 123 Å². The van der Waals surface area contributed by atoms with Gasteiger partial charge >= 0.3 is 7.60 Å². The van der Waals surface area contributed by atoms with E-state index >= 15 is 0 Å². The lowest BCUT2D eigenvalue weighted by molar-refractivity contribution is 0.145. The quantitative estimate of drug-likeness (QED) is 0.708. The van der Waals surface area contributed by atoms with Gasteiger partial charge in [0.25, 0.3) is 0 Å². The van der Waals surface area contributed by atoms with Gasteiger partial charge < -0.3 is 19.7 Å². The molecule has 5 nitrogen and oxygen atoms in total. The van der Waals surface area contributed by atoms with Gasteiger partial charge in [0, 0.05) is 17.1 Å². The highest BCUT2D eigenvalue weighted by molar-refractivity contribution is 7.53. The van der Waals surface area contributed by atoms with Gasteiger partial charge in [-0.25, -0.2) is 0 Å². The molecule has 0 amide bonds. The number of nitrogens with one attached hydrogen (secondary N) is 2. The highest BCUT2D eigenvalue weighted by Crippen LogP contribution is 2.47. The minimum Gasteiger partial charge on any atom is -0.308 e. The third-order valence-corrected chi connectivity index (χ3v) is 5.29. The van der Waals surface area contributed by atoms with Crippen molar-refractivity contribution in [2.45, 2.75) is 71.5 Å². The normalized spacial score (nSPS) is 22.9. The summed E-state index contributed by atoms with van der Waals surface area (Å²) in [5, 5.41) is 7.03. The van der Waals surface area contributed by atoms with Gasteiger partial charge in [-0.3, -0.25) is 4.57 Å². The second-order valence-electron chi connectivity index (χ2n) is 6.81. The van der Waals surface area contributed by atoms with Crippen LogP contribution in [0.25, 0.3) is 0 Å². The van der Waals surface area contributed by atoms with E-state index in [2.05, 4.69) is 38.3 Å². The van der Waals surface area contributed by atoms with Crippen molar-refractivity contribution >= 4 is 7.60 Å². The van der Waals surface area contributed by atoms with Gasteiger partial charge in [-0.2, -0.15) is 0 Å². The summed E-state index contributed by atoms with van der Waals surface area (Å²) in [6.07, 6.45) is 2.27. The molecule has 2 N–H and O–H groups in total. The van der Waals surface area contributed by atoms with E-state index in [1.54, 1.807) is 0 Å². The van der Waals surface area contributed by atoms with Crippen molar-refractivity contribution in [3.8, 4) is 0 Å². The van der Waals surface area contributed by atoms with E-state index < -0.39 is 7.60 Å². The van der Waals surface area contributed by atoms with Crippen molar-refractivity contribution in [2.24, 2.45) is 0 Å². The Morgan fingerprint density at radius 3 is 1.95 bits per heavy atom. The SMILES string of the molecule is CCOP(=O)(CNC1CC(C)(C)NC(C)(C)C1)OCC. The number of hydrogen-bond acceptors (Lipinski definition) is 5. The maximum absolute atomic E-state index is 12.5. The smallest absolute Gasteiger partial charge is 0.308 e. The zero-order valence-corrected chi connectivity index (χ0v) is 14.7. The molecule has 0 aromatic heterocycles. The van der Waals surface area contributed by atoms with Crippen molar-refractivity contribution in [1.82, 2.24) is 10.6 Å². The molecule has 1 rings (SSSR count). The molecule has 0 radical (unpaired) electrons. The Morgan fingerprint density at radius 2 is 1.55 bits per heavy atom. The third-order valence-electron chi connectivity index (χ3n) is 3.42. The van der Waals surface area contributed by atoms with E-state index in [1.807, 2.05) is 13.8 Å². The van der Waals surface area contributed by atoms with Gasteiger partial charge in [0.1, 0.15) is 0 Å². The first-order valence-electron chi connectivity index (χ1n) is 7.52. The van der Waals surface area contributed by atoms with Crippen LogP contribution < -0.4 is 10.6 Å². The predicted molar refractivity (Wildman–Crippen MR) is 83.2 cm³/mol. The highest BCUT2D eigenvalue weighted by atomic mass is 31.2. The lowest BCUT2D eigenvalue weighted by atomic mass is 9.80. The van der Waals surface area contributed by atoms with Gasteiger partial charge in [-0.05, 0) is 54.4 Å². The average molecular weight is 306 g/mol. The first-order valence-corrected chi connectivity index (χ1v) is 9.25. The monoisotopic (exact) mass is 306 g/mol. The van der Waals surface area contributed by atoms with Crippen molar-refractivity contribution in [3.63, 3.8) is 0 Å². The molecule has 0 atom stereocenters. The maximum Gasteiger partial charge on any atom is 0.344 e. The largest absolute Gasteiger partial charge is 0.344 e. The number of rotatable bonds is 7. The molecule has 1 aliphatic heterocycles. The van der Waals surface area contributed by atoms with Crippen LogP contribution in [0.5, 0.6) is 0 Å². The van der Waals surface area contributed by atoms with E-state index in [-0.39, 0.29) is 17.4 Å². The summed E-state index contributed by atoms with van der Waals surface area (Å²) < 4.78 is 23.1. The van der Waals surface area contributed by atoms with Crippen LogP contribution in [0.1, 0.15) is 54.4 Å². The van der Waals surface area contributed by atoms with Gasteiger partial charge in [-0.1, -0.05) is 0 Å². The summed E-state index contributed by atoms with van der Waals surface area (Å²) in [5.41, 5.74) is 0.140. The fraction of sp³-hybridized carbons (Fsp3) is 1.00. The molecule has 0 unspecified atom stereocenters. The molecule has 1 fully saturated rings. The summed E-state index contributed by atoms with van der Waals surface area (Å²) in [7, 11) is -3.00. The van der Waals surface area contributed by atoms with E-state index in [9.17, 15) is 4.57 Å². The lowest BCUT2D eigenvalue weighted by Crippen LogP contribution is -2.61. The molecule has 1 aliphatic rings. The van der Waals surface area contributed by atoms with Crippen LogP contribution in [0.3, 0.4) is 0 Å². The fourth-order valence-electron chi connectivity index (χ4n) is 3.23. The maximum atomic E-state index is 12.5. The molecule has 0 saturated carbocycles. The van der Waals surface area contributed by atoms with Crippen molar-refractivity contribution in [2.75, 3.05) is 19.5 Å². The van der Waals surface area contributed by atoms with Crippen molar-refractivity contribution in [1.29, 1.82) is 0 Å². The van der Waals surface area contributed by atoms with Crippen molar-refractivity contribution in [3.05, 3.63) is 0 Å². The van der Waals surface area contributed by atoms with Gasteiger partial charge in [0.15, 0.2) is 0 Å². The zero-order chi connectivity index (χ0) is 15.4. The number of hydrogen-bond donors (Lipinski definition) is 2. The summed E-state index contributed by atoms with van der Waals surface area (Å²) in [6.45, 7) is 13.3. The van der Waals surface area contributed by atoms with E-state index in [4.69, 9.17) is 9.05 Å². The minimum absolute atomic E-state index is 0.0701. The molecule has 120 valence electrons. The second-order valence-corrected chi connectivity index (χ2v) is 8.86. The first kappa shape index (κ1) is 18.1. The van der Waals surface area contributed by atoms with Crippen LogP contribution in [0, 0.1) is 0 Å². The number of piperidine rings is 1. The summed E-state index contributed by atoms with van der Waals surface area (Å²) in [6, 6.07) is 0.315. The molecule has 1 heterocycles. The standard InChI is InChI=1S/C14H31N2O3P/c1-7-18-20(17,19-8-2)11-15-12-9-13(3,4)16-14(5,6)10-12/h12,15-16H,7-11H2,1-6H3. The fourth-order valence-corrected chi connectivity index (χ4v) is 4.76. The average Bonchev–Trinajstić information content (AvgIpc) is 2.23. The van der Waals surface area contributed by atoms with Crippen molar-refractivity contribution < 1.29 is 13.6 Å². The summed E-state index contributed by atoms with van der Waals surface area (Å²) in [5.74, 6) is 0. The van der Waals surface area contributed by atoms with Crippen LogP contribution in [0.2, 0.25) is 0 Å². The van der Waals surface area contributed by atoms with Crippen LogP contribution in [0.15, 0.2) is 0 Å². The Balaban J connectivity index is 2.61. The molecule has 0 aromatic carbocycles. The molecule has 0 spiro atoms. The van der Waals surface area contributed by atoms with Gasteiger partial charge in [0.2, 0.25) is 0 Å². The minimum atomic E-state index is -3.00. The topological polar surface area (TPSA) is 59.6 Å². The van der Waals surface area contributed by atoms with Crippen LogP contribution in [-0.4, -0.2) is 36.6 Å². The van der Waals surface area contributed by atoms with E-state index in [0.29, 0.717) is 19.3 Å². The zero-order valence-electron chi connectivity index (χ0n) is 13.8. The van der Waals surface area contributed by atoms with E-state index in [1.165, 1.54) is 0 Å². The van der Waals surface area contributed by atoms with Crippen LogP contribution >= 0.6 is 7.60 Å². The first-order chi connectivity index (χ1) is 9.11. The van der Waals surface area contributed by atoms with Gasteiger partial charge in [-0.15, -0.1) is 0 Å². The molecule has 0 aromatic rings. The molecular weight excluding hydrogens is 275 g/mol. The second kappa shape index (κ2) is 6.89. The lowest BCUT2D eigenvalue weighted by Gasteiger charge is -2.46. The Morgan fingerprint density at radius 1 is 1.10 bits per heavy atom. The summed E-state index contributed by atoms with van der Waals surface area (Å²) >= 11 is 0. The molecule has 20 heavy (non-hydrogen) atoms. The molecule has 0 aliphatic carbocycles. The molecule has 0 bridgehead atoms. The molecule has 1 saturated heterocycles. The predicted octanol–water partition coefficient (Wildman–Crippen LogP) is 3.11. The Bertz CT molecular complexity index is 332. The Kier molecular flexibility index (Phi) is 6.24. The highest BCUT2D eigenvalue weighted by Gasteiger charge is 2.38. The molecular formula is C14H31N2O3P. The van der Waals surface area contributed by atoms with Gasteiger partial charge in [0.05, 0.1) is 19.5 Å². The third kappa shape index (κ3) is 5.82.